The van der Waals surface area contributed by atoms with Crippen LogP contribution in [0.15, 0.2) is 24.3 Å². The minimum Gasteiger partial charge on any atom is -0.491 e. The monoisotopic (exact) mass is 303 g/mol. The van der Waals surface area contributed by atoms with Crippen molar-refractivity contribution < 1.29 is 19.4 Å². The molecule has 2 rings (SSSR count). The van der Waals surface area contributed by atoms with Crippen LogP contribution in [0, 0.1) is 11.3 Å². The van der Waals surface area contributed by atoms with E-state index in [1.54, 1.807) is 38.1 Å². The van der Waals surface area contributed by atoms with Crippen LogP contribution in [-0.2, 0) is 4.79 Å². The maximum absolute atomic E-state index is 12.0. The zero-order chi connectivity index (χ0) is 16.3. The standard InChI is InChI=1S/C15H17N3O4/c1-15(2)13(20)18(14(21)17-15)8-11(19)9-22-12-5-3-10(7-16)4-6-12/h3-6,11,19H,8-9H2,1-2H3,(H,17,21). The lowest BCUT2D eigenvalue weighted by Gasteiger charge is -2.19. The highest BCUT2D eigenvalue weighted by Crippen LogP contribution is 2.17. The van der Waals surface area contributed by atoms with E-state index in [-0.39, 0.29) is 19.1 Å². The number of nitrogens with zero attached hydrogens (tertiary/aromatic N) is 2. The van der Waals surface area contributed by atoms with Gasteiger partial charge in [0.25, 0.3) is 5.91 Å². The van der Waals surface area contributed by atoms with Gasteiger partial charge in [0.15, 0.2) is 0 Å². The van der Waals surface area contributed by atoms with Crippen molar-refractivity contribution in [3.8, 4) is 11.8 Å². The number of hydrogen-bond donors (Lipinski definition) is 2. The van der Waals surface area contributed by atoms with Crippen molar-refractivity contribution in [3.05, 3.63) is 29.8 Å². The van der Waals surface area contributed by atoms with E-state index in [1.165, 1.54) is 0 Å². The van der Waals surface area contributed by atoms with Gasteiger partial charge in [-0.3, -0.25) is 9.69 Å². The highest BCUT2D eigenvalue weighted by molar-refractivity contribution is 6.06. The van der Waals surface area contributed by atoms with Gasteiger partial charge < -0.3 is 15.2 Å². The Morgan fingerprint density at radius 1 is 1.36 bits per heavy atom. The second-order valence-corrected chi connectivity index (χ2v) is 5.57. The number of rotatable bonds is 5. The van der Waals surface area contributed by atoms with Crippen LogP contribution in [0.4, 0.5) is 4.79 Å². The Balaban J connectivity index is 1.88. The Labute approximate surface area is 128 Å². The van der Waals surface area contributed by atoms with Crippen LogP contribution < -0.4 is 10.1 Å². The van der Waals surface area contributed by atoms with Gasteiger partial charge in [-0.15, -0.1) is 0 Å². The number of urea groups is 1. The Kier molecular flexibility index (Phi) is 4.33. The maximum atomic E-state index is 12.0. The number of ether oxygens (including phenoxy) is 1. The quantitative estimate of drug-likeness (QED) is 0.777. The number of nitrogens with one attached hydrogen (secondary N) is 1. The molecular formula is C15H17N3O4. The van der Waals surface area contributed by atoms with Gasteiger partial charge in [0.2, 0.25) is 0 Å². The molecule has 1 aliphatic heterocycles. The number of aliphatic hydroxyl groups is 1. The van der Waals surface area contributed by atoms with E-state index in [1.807, 2.05) is 6.07 Å². The van der Waals surface area contributed by atoms with Crippen LogP contribution in [-0.4, -0.2) is 46.7 Å². The minimum atomic E-state index is -1.00. The van der Waals surface area contributed by atoms with Crippen LogP contribution in [0.1, 0.15) is 19.4 Å². The van der Waals surface area contributed by atoms with E-state index in [4.69, 9.17) is 10.00 Å². The number of carbonyl (C=O) groups excluding carboxylic acids is 2. The summed E-state index contributed by atoms with van der Waals surface area (Å²) in [4.78, 5) is 24.6. The molecular weight excluding hydrogens is 286 g/mol. The average Bonchev–Trinajstić information content (AvgIpc) is 2.67. The first kappa shape index (κ1) is 15.8. The number of aliphatic hydroxyl groups excluding tert-OH is 1. The molecule has 0 spiro atoms. The average molecular weight is 303 g/mol. The Morgan fingerprint density at radius 3 is 2.50 bits per heavy atom. The molecule has 0 aromatic heterocycles. The molecule has 3 amide bonds. The van der Waals surface area contributed by atoms with Crippen molar-refractivity contribution in [2.75, 3.05) is 13.2 Å². The van der Waals surface area contributed by atoms with Gasteiger partial charge in [0.1, 0.15) is 24.0 Å². The Hall–Kier alpha value is -2.59. The molecule has 1 fully saturated rings. The van der Waals surface area contributed by atoms with Gasteiger partial charge in [-0.2, -0.15) is 5.26 Å². The predicted molar refractivity (Wildman–Crippen MR) is 77.0 cm³/mol. The third-order valence-corrected chi connectivity index (χ3v) is 3.26. The van der Waals surface area contributed by atoms with Crippen LogP contribution in [0.2, 0.25) is 0 Å². The minimum absolute atomic E-state index is 0.0661. The Bertz CT molecular complexity index is 619. The summed E-state index contributed by atoms with van der Waals surface area (Å²) in [5, 5.41) is 21.2. The SMILES string of the molecule is CC1(C)NC(=O)N(CC(O)COc2ccc(C#N)cc2)C1=O. The molecule has 1 aromatic carbocycles. The largest absolute Gasteiger partial charge is 0.491 e. The summed E-state index contributed by atoms with van der Waals surface area (Å²) in [5.74, 6) is 0.116. The van der Waals surface area contributed by atoms with Crippen molar-refractivity contribution >= 4 is 11.9 Å². The molecule has 1 aromatic rings. The highest BCUT2D eigenvalue weighted by Gasteiger charge is 2.44. The van der Waals surface area contributed by atoms with Crippen molar-refractivity contribution in [2.45, 2.75) is 25.5 Å². The van der Waals surface area contributed by atoms with Crippen molar-refractivity contribution in [1.82, 2.24) is 10.2 Å². The van der Waals surface area contributed by atoms with Crippen LogP contribution in [0.5, 0.6) is 5.75 Å². The molecule has 1 unspecified atom stereocenters. The first-order chi connectivity index (χ1) is 10.3. The molecule has 0 radical (unpaired) electrons. The van der Waals surface area contributed by atoms with Crippen molar-refractivity contribution in [2.24, 2.45) is 0 Å². The number of benzene rings is 1. The highest BCUT2D eigenvalue weighted by atomic mass is 16.5. The van der Waals surface area contributed by atoms with E-state index >= 15 is 0 Å². The summed E-state index contributed by atoms with van der Waals surface area (Å²) in [6, 6.07) is 7.89. The van der Waals surface area contributed by atoms with Gasteiger partial charge in [-0.05, 0) is 38.1 Å². The molecule has 1 aliphatic rings. The van der Waals surface area contributed by atoms with E-state index in [2.05, 4.69) is 5.32 Å². The molecule has 0 saturated carbocycles. The smallest absolute Gasteiger partial charge is 0.325 e. The molecule has 0 aliphatic carbocycles. The molecule has 22 heavy (non-hydrogen) atoms. The number of imide groups is 1. The topological polar surface area (TPSA) is 103 Å². The number of hydrogen-bond acceptors (Lipinski definition) is 5. The third-order valence-electron chi connectivity index (χ3n) is 3.26. The van der Waals surface area contributed by atoms with Crippen molar-refractivity contribution in [1.29, 1.82) is 5.26 Å². The van der Waals surface area contributed by atoms with Crippen LogP contribution in [0.25, 0.3) is 0 Å². The predicted octanol–water partition coefficient (Wildman–Crippen LogP) is 0.628. The maximum Gasteiger partial charge on any atom is 0.325 e. The fourth-order valence-corrected chi connectivity index (χ4v) is 2.07. The van der Waals surface area contributed by atoms with Gasteiger partial charge in [0.05, 0.1) is 18.2 Å². The van der Waals surface area contributed by atoms with E-state index in [0.29, 0.717) is 11.3 Å². The molecule has 1 saturated heterocycles. The summed E-state index contributed by atoms with van der Waals surface area (Å²) < 4.78 is 5.37. The second-order valence-electron chi connectivity index (χ2n) is 5.57. The molecule has 1 heterocycles. The van der Waals surface area contributed by atoms with E-state index in [9.17, 15) is 14.7 Å². The zero-order valence-corrected chi connectivity index (χ0v) is 12.4. The second kappa shape index (κ2) is 6.03. The zero-order valence-electron chi connectivity index (χ0n) is 12.4. The molecule has 7 heteroatoms. The number of β-amino-alcohol motifs (C(OH)–C–C–N with tert-alkyl or cyclic N) is 1. The lowest BCUT2D eigenvalue weighted by Crippen LogP contribution is -2.42. The summed E-state index contributed by atoms with van der Waals surface area (Å²) in [7, 11) is 0. The van der Waals surface area contributed by atoms with Gasteiger partial charge >= 0.3 is 6.03 Å². The van der Waals surface area contributed by atoms with Crippen LogP contribution >= 0.6 is 0 Å². The molecule has 116 valence electrons. The summed E-state index contributed by atoms with van der Waals surface area (Å²) >= 11 is 0. The molecule has 1 atom stereocenters. The fraction of sp³-hybridized carbons (Fsp3) is 0.400. The number of amides is 3. The molecule has 2 N–H and O–H groups in total. The summed E-state index contributed by atoms with van der Waals surface area (Å²) in [6.07, 6.45) is -1.00. The van der Waals surface area contributed by atoms with Gasteiger partial charge in [-0.25, -0.2) is 4.79 Å². The first-order valence-electron chi connectivity index (χ1n) is 6.78. The summed E-state index contributed by atoms with van der Waals surface area (Å²) in [5.41, 5.74) is -0.445. The molecule has 7 nitrogen and oxygen atoms in total. The van der Waals surface area contributed by atoms with E-state index < -0.39 is 17.7 Å². The van der Waals surface area contributed by atoms with E-state index in [0.717, 1.165) is 4.90 Å². The van der Waals surface area contributed by atoms with Crippen LogP contribution in [0.3, 0.4) is 0 Å². The fourth-order valence-electron chi connectivity index (χ4n) is 2.07. The third kappa shape index (κ3) is 3.35. The molecule has 0 bridgehead atoms. The Morgan fingerprint density at radius 2 is 2.00 bits per heavy atom. The van der Waals surface area contributed by atoms with Gasteiger partial charge in [-0.1, -0.05) is 0 Å². The lowest BCUT2D eigenvalue weighted by atomic mass is 10.1. The first-order valence-corrected chi connectivity index (χ1v) is 6.78. The lowest BCUT2D eigenvalue weighted by molar-refractivity contribution is -0.131. The summed E-state index contributed by atoms with van der Waals surface area (Å²) in [6.45, 7) is 3.01. The van der Waals surface area contributed by atoms with Gasteiger partial charge in [0, 0.05) is 0 Å². The normalized spacial score (nSPS) is 17.8. The number of nitriles is 1. The van der Waals surface area contributed by atoms with Crippen molar-refractivity contribution in [3.63, 3.8) is 0 Å². The number of carbonyl (C=O) groups is 2.